The number of carbonyl (C=O) groups excluding carboxylic acids is 1. The van der Waals surface area contributed by atoms with Crippen molar-refractivity contribution < 1.29 is 32.3 Å². The van der Waals surface area contributed by atoms with Crippen LogP contribution in [-0.4, -0.2) is 50.4 Å². The molecule has 9 nitrogen and oxygen atoms in total. The lowest BCUT2D eigenvalue weighted by Crippen LogP contribution is -2.35. The summed E-state index contributed by atoms with van der Waals surface area (Å²) >= 11 is 0. The van der Waals surface area contributed by atoms with Crippen molar-refractivity contribution in [3.8, 4) is 5.69 Å². The van der Waals surface area contributed by atoms with Crippen molar-refractivity contribution in [1.82, 2.24) is 19.7 Å². The fourth-order valence-electron chi connectivity index (χ4n) is 4.34. The first kappa shape index (κ1) is 23.4. The third-order valence-electron chi connectivity index (χ3n) is 6.10. The third-order valence-corrected chi connectivity index (χ3v) is 6.10. The third kappa shape index (κ3) is 4.04. The number of amides is 2. The van der Waals surface area contributed by atoms with Crippen molar-refractivity contribution >= 4 is 28.8 Å². The average molecular weight is 499 g/mol. The van der Waals surface area contributed by atoms with E-state index in [4.69, 9.17) is 4.42 Å². The van der Waals surface area contributed by atoms with E-state index in [1.165, 1.54) is 11.0 Å². The fraction of sp³-hybridized carbons (Fsp3) is 0.250. The molecule has 36 heavy (non-hydrogen) atoms. The smallest absolute Gasteiger partial charge is 0.435 e. The summed E-state index contributed by atoms with van der Waals surface area (Å²) in [4.78, 5) is 31.1. The van der Waals surface area contributed by atoms with E-state index in [1.54, 1.807) is 50.4 Å². The highest BCUT2D eigenvalue weighted by Crippen LogP contribution is 2.36. The SMILES string of the molecule is Cc1nc2ccc(N(C)C(=O)c3cccc(-n4nc(C(F)(F)F)c5c4CCN(C(=O)O)C5)c3)cc2o1. The standard InChI is InChI=1S/C24H20F3N5O4/c1-13-28-18-7-6-15(11-20(18)36-13)30(2)22(33)14-4-3-5-16(10-14)32-19-8-9-31(23(34)35)12-17(19)21(29-32)24(25,26)27/h3-7,10-11H,8-9,12H2,1-2H3,(H,34,35). The first-order valence-corrected chi connectivity index (χ1v) is 10.9. The van der Waals surface area contributed by atoms with Crippen LogP contribution in [0.15, 0.2) is 46.9 Å². The second kappa shape index (κ2) is 8.40. The van der Waals surface area contributed by atoms with Crippen LogP contribution >= 0.6 is 0 Å². The number of aromatic nitrogens is 3. The van der Waals surface area contributed by atoms with Gasteiger partial charge in [-0.3, -0.25) is 4.79 Å². The van der Waals surface area contributed by atoms with E-state index in [2.05, 4.69) is 10.1 Å². The summed E-state index contributed by atoms with van der Waals surface area (Å²) in [6, 6.07) is 11.3. The molecule has 4 aromatic rings. The van der Waals surface area contributed by atoms with Crippen LogP contribution < -0.4 is 4.90 Å². The molecule has 0 unspecified atom stereocenters. The Kier molecular flexibility index (Phi) is 5.46. The monoisotopic (exact) mass is 499 g/mol. The molecule has 3 heterocycles. The fourth-order valence-corrected chi connectivity index (χ4v) is 4.34. The molecule has 1 aliphatic heterocycles. The van der Waals surface area contributed by atoms with E-state index in [0.717, 1.165) is 9.58 Å². The van der Waals surface area contributed by atoms with Crippen LogP contribution in [0.5, 0.6) is 0 Å². The van der Waals surface area contributed by atoms with Gasteiger partial charge in [0.2, 0.25) is 0 Å². The minimum atomic E-state index is -4.76. The minimum absolute atomic E-state index is 0.0380. The molecule has 1 N–H and O–H groups in total. The zero-order valence-electron chi connectivity index (χ0n) is 19.2. The molecule has 5 rings (SSSR count). The Hall–Kier alpha value is -4.35. The molecule has 0 fully saturated rings. The number of anilines is 1. The van der Waals surface area contributed by atoms with Crippen molar-refractivity contribution in [3.05, 3.63) is 70.9 Å². The molecule has 0 radical (unpaired) electrons. The van der Waals surface area contributed by atoms with Crippen molar-refractivity contribution in [3.63, 3.8) is 0 Å². The lowest BCUT2D eigenvalue weighted by atomic mass is 10.0. The predicted octanol–water partition coefficient (Wildman–Crippen LogP) is 4.65. The van der Waals surface area contributed by atoms with Gasteiger partial charge >= 0.3 is 12.3 Å². The summed E-state index contributed by atoms with van der Waals surface area (Å²) in [5, 5.41) is 13.0. The second-order valence-electron chi connectivity index (χ2n) is 8.44. The van der Waals surface area contributed by atoms with E-state index in [9.17, 15) is 27.9 Å². The number of alkyl halides is 3. The molecule has 0 bridgehead atoms. The van der Waals surface area contributed by atoms with Crippen LogP contribution in [0.3, 0.4) is 0 Å². The molecule has 2 amide bonds. The van der Waals surface area contributed by atoms with Crippen LogP contribution in [0.2, 0.25) is 0 Å². The van der Waals surface area contributed by atoms with Gasteiger partial charge in [-0.1, -0.05) is 6.07 Å². The summed E-state index contributed by atoms with van der Waals surface area (Å²) in [6.45, 7) is 1.35. The molecular weight excluding hydrogens is 479 g/mol. The van der Waals surface area contributed by atoms with Gasteiger partial charge in [-0.05, 0) is 30.3 Å². The maximum absolute atomic E-state index is 13.7. The quantitative estimate of drug-likeness (QED) is 0.440. The van der Waals surface area contributed by atoms with Crippen molar-refractivity contribution in [2.24, 2.45) is 0 Å². The predicted molar refractivity (Wildman–Crippen MR) is 122 cm³/mol. The zero-order valence-corrected chi connectivity index (χ0v) is 19.2. The normalized spacial score (nSPS) is 13.6. The van der Waals surface area contributed by atoms with E-state index < -0.39 is 24.5 Å². The molecule has 2 aromatic heterocycles. The molecule has 186 valence electrons. The van der Waals surface area contributed by atoms with Gasteiger partial charge in [-0.15, -0.1) is 0 Å². The summed E-state index contributed by atoms with van der Waals surface area (Å²) in [5.74, 6) is 0.109. The number of oxazole rings is 1. The number of benzene rings is 2. The lowest BCUT2D eigenvalue weighted by molar-refractivity contribution is -0.142. The molecule has 0 aliphatic carbocycles. The summed E-state index contributed by atoms with van der Waals surface area (Å²) in [7, 11) is 1.58. The molecule has 0 spiro atoms. The molecule has 0 saturated heterocycles. The number of halogens is 3. The average Bonchev–Trinajstić information content (AvgIpc) is 3.41. The highest BCUT2D eigenvalue weighted by Gasteiger charge is 2.41. The van der Waals surface area contributed by atoms with Crippen molar-refractivity contribution in [2.75, 3.05) is 18.5 Å². The number of hydrogen-bond acceptors (Lipinski definition) is 5. The van der Waals surface area contributed by atoms with Gasteiger partial charge in [-0.2, -0.15) is 18.3 Å². The molecule has 2 aromatic carbocycles. The number of rotatable bonds is 3. The lowest BCUT2D eigenvalue weighted by Gasteiger charge is -2.25. The Morgan fingerprint density at radius 3 is 2.67 bits per heavy atom. The molecule has 12 heteroatoms. The summed E-state index contributed by atoms with van der Waals surface area (Å²) in [6.07, 6.45) is -6.00. The number of carbonyl (C=O) groups is 2. The van der Waals surface area contributed by atoms with Gasteiger partial charge in [0.15, 0.2) is 17.2 Å². The Balaban J connectivity index is 1.50. The Bertz CT molecular complexity index is 1510. The highest BCUT2D eigenvalue weighted by molar-refractivity contribution is 6.06. The Morgan fingerprint density at radius 2 is 1.94 bits per heavy atom. The van der Waals surface area contributed by atoms with Gasteiger partial charge in [0.25, 0.3) is 5.91 Å². The van der Waals surface area contributed by atoms with E-state index in [1.807, 2.05) is 0 Å². The van der Waals surface area contributed by atoms with Gasteiger partial charge in [0, 0.05) is 49.8 Å². The number of carboxylic acid groups (broad SMARTS) is 1. The van der Waals surface area contributed by atoms with Crippen LogP contribution in [0.1, 0.15) is 33.2 Å². The van der Waals surface area contributed by atoms with Gasteiger partial charge in [-0.25, -0.2) is 14.5 Å². The van der Waals surface area contributed by atoms with Crippen molar-refractivity contribution in [2.45, 2.75) is 26.1 Å². The summed E-state index contributed by atoms with van der Waals surface area (Å²) < 4.78 is 47.9. The number of aryl methyl sites for hydroxylation is 1. The Labute approximate surface area is 202 Å². The van der Waals surface area contributed by atoms with Crippen LogP contribution in [0.25, 0.3) is 16.8 Å². The first-order chi connectivity index (χ1) is 17.0. The van der Waals surface area contributed by atoms with Gasteiger partial charge in [0.1, 0.15) is 5.52 Å². The molecule has 0 atom stereocenters. The number of nitrogens with zero attached hydrogens (tertiary/aromatic N) is 5. The number of hydrogen-bond donors (Lipinski definition) is 1. The largest absolute Gasteiger partial charge is 0.465 e. The van der Waals surface area contributed by atoms with Crippen LogP contribution in [-0.2, 0) is 19.1 Å². The first-order valence-electron chi connectivity index (χ1n) is 10.9. The second-order valence-corrected chi connectivity index (χ2v) is 8.44. The minimum Gasteiger partial charge on any atom is -0.465 e. The maximum atomic E-state index is 13.7. The van der Waals surface area contributed by atoms with Crippen LogP contribution in [0, 0.1) is 6.92 Å². The number of fused-ring (bicyclic) bond motifs is 2. The Morgan fingerprint density at radius 1 is 1.17 bits per heavy atom. The van der Waals surface area contributed by atoms with Crippen molar-refractivity contribution in [1.29, 1.82) is 0 Å². The van der Waals surface area contributed by atoms with E-state index in [0.29, 0.717) is 22.7 Å². The van der Waals surface area contributed by atoms with Crippen LogP contribution in [0.4, 0.5) is 23.7 Å². The van der Waals surface area contributed by atoms with E-state index >= 15 is 0 Å². The molecular formula is C24H20F3N5O4. The van der Waals surface area contributed by atoms with Gasteiger partial charge < -0.3 is 19.3 Å². The van der Waals surface area contributed by atoms with Gasteiger partial charge in [0.05, 0.1) is 17.9 Å². The molecule has 0 saturated carbocycles. The molecule has 1 aliphatic rings. The maximum Gasteiger partial charge on any atom is 0.435 e. The zero-order chi connectivity index (χ0) is 25.8. The highest BCUT2D eigenvalue weighted by atomic mass is 19.4. The summed E-state index contributed by atoms with van der Waals surface area (Å²) in [5.41, 5.74) is 1.20. The van der Waals surface area contributed by atoms with E-state index in [-0.39, 0.29) is 41.4 Å². The topological polar surface area (TPSA) is 105 Å².